The van der Waals surface area contributed by atoms with Gasteiger partial charge in [0.2, 0.25) is 0 Å². The topological polar surface area (TPSA) is 12.0 Å². The molecule has 0 bridgehead atoms. The Hall–Kier alpha value is -0.0900. The van der Waals surface area contributed by atoms with Crippen molar-refractivity contribution in [3.05, 3.63) is 33.4 Å². The molecule has 1 aromatic carbocycles. The van der Waals surface area contributed by atoms with E-state index < -0.39 is 0 Å². The number of nitrogens with one attached hydrogen (secondary N) is 1. The molecule has 0 amide bonds. The molecular formula is C19H30IN. The minimum atomic E-state index is 0.656. The molecule has 0 heterocycles. The van der Waals surface area contributed by atoms with E-state index in [1.54, 1.807) is 0 Å². The fourth-order valence-electron chi connectivity index (χ4n) is 3.76. The van der Waals surface area contributed by atoms with Gasteiger partial charge in [0.1, 0.15) is 0 Å². The van der Waals surface area contributed by atoms with Crippen molar-refractivity contribution in [2.45, 2.75) is 58.9 Å². The lowest BCUT2D eigenvalue weighted by Crippen LogP contribution is -2.40. The van der Waals surface area contributed by atoms with Crippen LogP contribution in [-0.2, 0) is 6.42 Å². The van der Waals surface area contributed by atoms with Crippen molar-refractivity contribution in [1.82, 2.24) is 5.32 Å². The SMILES string of the molecule is CCNC(Cc1ccc(I)cc1)C1CCC(C(C)C)CC1. The Balaban J connectivity index is 1.94. The summed E-state index contributed by atoms with van der Waals surface area (Å²) in [4.78, 5) is 0. The Morgan fingerprint density at radius 1 is 1.05 bits per heavy atom. The van der Waals surface area contributed by atoms with Gasteiger partial charge in [-0.2, -0.15) is 0 Å². The lowest BCUT2D eigenvalue weighted by molar-refractivity contribution is 0.188. The van der Waals surface area contributed by atoms with Crippen LogP contribution in [0.1, 0.15) is 52.0 Å². The van der Waals surface area contributed by atoms with E-state index in [2.05, 4.69) is 72.9 Å². The van der Waals surface area contributed by atoms with E-state index in [1.807, 2.05) is 0 Å². The van der Waals surface area contributed by atoms with Gasteiger partial charge in [0.05, 0.1) is 0 Å². The summed E-state index contributed by atoms with van der Waals surface area (Å²) in [5.74, 6) is 2.68. The van der Waals surface area contributed by atoms with Crippen molar-refractivity contribution in [2.75, 3.05) is 6.54 Å². The summed E-state index contributed by atoms with van der Waals surface area (Å²) < 4.78 is 1.33. The van der Waals surface area contributed by atoms with Crippen molar-refractivity contribution in [1.29, 1.82) is 0 Å². The summed E-state index contributed by atoms with van der Waals surface area (Å²) in [6.07, 6.45) is 6.85. The zero-order chi connectivity index (χ0) is 15.2. The summed E-state index contributed by atoms with van der Waals surface area (Å²) in [6.45, 7) is 8.09. The highest BCUT2D eigenvalue weighted by atomic mass is 127. The summed E-state index contributed by atoms with van der Waals surface area (Å²) in [7, 11) is 0. The first-order valence-corrected chi connectivity index (χ1v) is 9.65. The predicted octanol–water partition coefficient (Wildman–Crippen LogP) is 5.27. The highest BCUT2D eigenvalue weighted by Crippen LogP contribution is 2.35. The molecule has 0 spiro atoms. The third-order valence-corrected chi connectivity index (χ3v) is 5.88. The average molecular weight is 399 g/mol. The number of halogens is 1. The van der Waals surface area contributed by atoms with Gasteiger partial charge in [-0.05, 0) is 96.7 Å². The van der Waals surface area contributed by atoms with E-state index in [0.717, 1.165) is 24.3 Å². The zero-order valence-corrected chi connectivity index (χ0v) is 15.9. The van der Waals surface area contributed by atoms with Gasteiger partial charge in [0.15, 0.2) is 0 Å². The molecular weight excluding hydrogens is 369 g/mol. The van der Waals surface area contributed by atoms with Gasteiger partial charge in [0.25, 0.3) is 0 Å². The molecule has 1 saturated carbocycles. The van der Waals surface area contributed by atoms with Crippen LogP contribution in [0.2, 0.25) is 0 Å². The van der Waals surface area contributed by atoms with Crippen LogP contribution in [0.3, 0.4) is 0 Å². The molecule has 0 radical (unpaired) electrons. The zero-order valence-electron chi connectivity index (χ0n) is 13.7. The summed E-state index contributed by atoms with van der Waals surface area (Å²) >= 11 is 2.38. The molecule has 1 aliphatic carbocycles. The van der Waals surface area contributed by atoms with Crippen molar-refractivity contribution < 1.29 is 0 Å². The number of hydrogen-bond acceptors (Lipinski definition) is 1. The number of likely N-dealkylation sites (N-methyl/N-ethyl adjacent to an activating group) is 1. The highest BCUT2D eigenvalue weighted by Gasteiger charge is 2.28. The number of hydrogen-bond donors (Lipinski definition) is 1. The molecule has 0 aromatic heterocycles. The van der Waals surface area contributed by atoms with Crippen LogP contribution in [-0.4, -0.2) is 12.6 Å². The van der Waals surface area contributed by atoms with Crippen molar-refractivity contribution >= 4 is 22.6 Å². The quantitative estimate of drug-likeness (QED) is 0.643. The first kappa shape index (κ1) is 17.3. The Labute approximate surface area is 144 Å². The van der Waals surface area contributed by atoms with E-state index in [4.69, 9.17) is 0 Å². The fourth-order valence-corrected chi connectivity index (χ4v) is 4.12. The first-order chi connectivity index (χ1) is 10.1. The Bertz CT molecular complexity index is 404. The molecule has 1 fully saturated rings. The van der Waals surface area contributed by atoms with E-state index >= 15 is 0 Å². The fraction of sp³-hybridized carbons (Fsp3) is 0.684. The van der Waals surface area contributed by atoms with Crippen molar-refractivity contribution in [3.8, 4) is 0 Å². The molecule has 1 aliphatic rings. The molecule has 1 aromatic rings. The van der Waals surface area contributed by atoms with Crippen LogP contribution in [0.4, 0.5) is 0 Å². The van der Waals surface area contributed by atoms with E-state index in [9.17, 15) is 0 Å². The van der Waals surface area contributed by atoms with Crippen LogP contribution in [0, 0.1) is 21.3 Å². The molecule has 2 rings (SSSR count). The maximum absolute atomic E-state index is 3.76. The van der Waals surface area contributed by atoms with E-state index in [1.165, 1.54) is 41.2 Å². The second-order valence-corrected chi connectivity index (χ2v) is 8.16. The van der Waals surface area contributed by atoms with Gasteiger partial charge in [-0.15, -0.1) is 0 Å². The van der Waals surface area contributed by atoms with Crippen LogP contribution in [0.5, 0.6) is 0 Å². The maximum atomic E-state index is 3.76. The molecule has 1 atom stereocenters. The van der Waals surface area contributed by atoms with E-state index in [0.29, 0.717) is 6.04 Å². The summed E-state index contributed by atoms with van der Waals surface area (Å²) in [5, 5.41) is 3.76. The lowest BCUT2D eigenvalue weighted by atomic mass is 9.73. The number of rotatable bonds is 6. The van der Waals surface area contributed by atoms with Crippen molar-refractivity contribution in [2.24, 2.45) is 17.8 Å². The predicted molar refractivity (Wildman–Crippen MR) is 101 cm³/mol. The number of benzene rings is 1. The molecule has 0 aliphatic heterocycles. The molecule has 1 nitrogen and oxygen atoms in total. The van der Waals surface area contributed by atoms with E-state index in [-0.39, 0.29) is 0 Å². The van der Waals surface area contributed by atoms with Gasteiger partial charge in [-0.25, -0.2) is 0 Å². The average Bonchev–Trinajstić information content (AvgIpc) is 2.49. The third kappa shape index (κ3) is 5.24. The largest absolute Gasteiger partial charge is 0.314 e. The standard InChI is InChI=1S/C19H30IN/c1-4-21-19(13-15-5-11-18(20)12-6-15)17-9-7-16(8-10-17)14(2)3/h5-6,11-12,14,16-17,19,21H,4,7-10,13H2,1-3H3. The van der Waals surface area contributed by atoms with Crippen molar-refractivity contribution in [3.63, 3.8) is 0 Å². The third-order valence-electron chi connectivity index (χ3n) is 5.16. The van der Waals surface area contributed by atoms with Crippen LogP contribution >= 0.6 is 22.6 Å². The molecule has 1 unspecified atom stereocenters. The lowest BCUT2D eigenvalue weighted by Gasteiger charge is -2.36. The Kier molecular flexibility index (Phi) is 7.00. The monoisotopic (exact) mass is 399 g/mol. The van der Waals surface area contributed by atoms with Gasteiger partial charge in [-0.1, -0.05) is 32.9 Å². The Morgan fingerprint density at radius 2 is 1.62 bits per heavy atom. The smallest absolute Gasteiger partial charge is 0.0136 e. The maximum Gasteiger partial charge on any atom is 0.0136 e. The molecule has 118 valence electrons. The molecule has 2 heteroatoms. The first-order valence-electron chi connectivity index (χ1n) is 8.58. The van der Waals surface area contributed by atoms with Crippen LogP contribution in [0.25, 0.3) is 0 Å². The molecule has 1 N–H and O–H groups in total. The summed E-state index contributed by atoms with van der Waals surface area (Å²) in [6, 6.07) is 9.71. The summed E-state index contributed by atoms with van der Waals surface area (Å²) in [5.41, 5.74) is 1.48. The minimum absolute atomic E-state index is 0.656. The highest BCUT2D eigenvalue weighted by molar-refractivity contribution is 14.1. The van der Waals surface area contributed by atoms with Crippen LogP contribution in [0.15, 0.2) is 24.3 Å². The van der Waals surface area contributed by atoms with Gasteiger partial charge >= 0.3 is 0 Å². The normalized spacial score (nSPS) is 24.2. The second-order valence-electron chi connectivity index (χ2n) is 6.91. The van der Waals surface area contributed by atoms with Gasteiger partial charge in [-0.3, -0.25) is 0 Å². The molecule has 21 heavy (non-hydrogen) atoms. The van der Waals surface area contributed by atoms with Gasteiger partial charge in [0, 0.05) is 9.61 Å². The minimum Gasteiger partial charge on any atom is -0.314 e. The van der Waals surface area contributed by atoms with Crippen LogP contribution < -0.4 is 5.32 Å². The van der Waals surface area contributed by atoms with Gasteiger partial charge < -0.3 is 5.32 Å². The second kappa shape index (κ2) is 8.52. The Morgan fingerprint density at radius 3 is 2.14 bits per heavy atom. The molecule has 0 saturated heterocycles.